The Morgan fingerprint density at radius 3 is 2.16 bits per heavy atom. The molecular formula is C27H33N3O7. The molecule has 0 amide bonds. The molecule has 198 valence electrons. The predicted molar refractivity (Wildman–Crippen MR) is 132 cm³/mol. The van der Waals surface area contributed by atoms with Crippen molar-refractivity contribution in [1.29, 1.82) is 0 Å². The number of hydrogen-bond acceptors (Lipinski definition) is 8. The van der Waals surface area contributed by atoms with Gasteiger partial charge in [-0.2, -0.15) is 0 Å². The SMILES string of the molecule is CC1O[C@@H](O[C@@H]2C3CO[C@H](O3)C(N=[N+]=[N-])[C@@H]2OCc2ccccc2)C(C)[C@H](OCc2ccccc2)[C@@H]1O. The Morgan fingerprint density at radius 2 is 1.54 bits per heavy atom. The Bertz CT molecular complexity index is 1050. The molecule has 10 atom stereocenters. The average Bonchev–Trinajstić information content (AvgIpc) is 3.36. The summed E-state index contributed by atoms with van der Waals surface area (Å²) in [6.07, 6.45) is -4.92. The molecule has 0 aromatic heterocycles. The molecule has 2 bridgehead atoms. The van der Waals surface area contributed by atoms with Gasteiger partial charge in [0, 0.05) is 10.8 Å². The topological polar surface area (TPSA) is 124 Å². The molecule has 0 aliphatic carbocycles. The van der Waals surface area contributed by atoms with Crippen molar-refractivity contribution in [1.82, 2.24) is 0 Å². The second-order valence-corrected chi connectivity index (χ2v) is 9.75. The first-order valence-corrected chi connectivity index (χ1v) is 12.7. The van der Waals surface area contributed by atoms with Gasteiger partial charge in [-0.15, -0.1) is 0 Å². The first-order valence-electron chi connectivity index (χ1n) is 12.7. The molecule has 3 heterocycles. The molecule has 37 heavy (non-hydrogen) atoms. The van der Waals surface area contributed by atoms with Crippen molar-refractivity contribution >= 4 is 0 Å². The molecule has 3 aliphatic heterocycles. The molecule has 2 aromatic rings. The molecule has 3 saturated heterocycles. The lowest BCUT2D eigenvalue weighted by atomic mass is 9.92. The second kappa shape index (κ2) is 11.9. The number of benzene rings is 2. The van der Waals surface area contributed by atoms with Crippen molar-refractivity contribution in [3.63, 3.8) is 0 Å². The zero-order chi connectivity index (χ0) is 25.8. The van der Waals surface area contributed by atoms with Crippen LogP contribution >= 0.6 is 0 Å². The fourth-order valence-electron chi connectivity index (χ4n) is 5.13. The summed E-state index contributed by atoms with van der Waals surface area (Å²) < 4.78 is 36.9. The molecule has 0 saturated carbocycles. The highest BCUT2D eigenvalue weighted by atomic mass is 16.8. The van der Waals surface area contributed by atoms with Gasteiger partial charge in [-0.3, -0.25) is 0 Å². The molecule has 0 radical (unpaired) electrons. The third-order valence-corrected chi connectivity index (χ3v) is 7.20. The Labute approximate surface area is 216 Å². The van der Waals surface area contributed by atoms with Crippen molar-refractivity contribution in [2.24, 2.45) is 11.0 Å². The number of aliphatic hydroxyl groups is 1. The molecule has 3 fully saturated rings. The third-order valence-electron chi connectivity index (χ3n) is 7.20. The van der Waals surface area contributed by atoms with E-state index >= 15 is 0 Å². The van der Waals surface area contributed by atoms with Crippen molar-refractivity contribution in [2.45, 2.75) is 82.3 Å². The number of nitrogens with zero attached hydrogens (tertiary/aromatic N) is 3. The van der Waals surface area contributed by atoms with E-state index in [1.807, 2.05) is 67.6 Å². The lowest BCUT2D eigenvalue weighted by molar-refractivity contribution is -0.320. The van der Waals surface area contributed by atoms with Gasteiger partial charge in [-0.25, -0.2) is 0 Å². The summed E-state index contributed by atoms with van der Waals surface area (Å²) in [5, 5.41) is 14.8. The lowest BCUT2D eigenvalue weighted by Crippen LogP contribution is -2.60. The molecule has 5 rings (SSSR count). The van der Waals surface area contributed by atoms with Crippen LogP contribution in [0.1, 0.15) is 25.0 Å². The van der Waals surface area contributed by atoms with E-state index in [2.05, 4.69) is 10.0 Å². The van der Waals surface area contributed by atoms with Gasteiger partial charge in [0.15, 0.2) is 12.6 Å². The van der Waals surface area contributed by atoms with E-state index < -0.39 is 55.2 Å². The fourth-order valence-corrected chi connectivity index (χ4v) is 5.13. The van der Waals surface area contributed by atoms with Gasteiger partial charge in [-0.1, -0.05) is 72.7 Å². The number of ether oxygens (including phenoxy) is 6. The fraction of sp³-hybridized carbons (Fsp3) is 0.556. The highest BCUT2D eigenvalue weighted by Gasteiger charge is 2.54. The molecule has 1 N–H and O–H groups in total. The monoisotopic (exact) mass is 511 g/mol. The maximum atomic E-state index is 10.9. The van der Waals surface area contributed by atoms with Gasteiger partial charge in [0.1, 0.15) is 30.5 Å². The van der Waals surface area contributed by atoms with E-state index in [-0.39, 0.29) is 12.5 Å². The van der Waals surface area contributed by atoms with Crippen LogP contribution in [0.5, 0.6) is 0 Å². The van der Waals surface area contributed by atoms with Crippen molar-refractivity contribution in [2.75, 3.05) is 6.61 Å². The lowest BCUT2D eigenvalue weighted by Gasteiger charge is -2.46. The summed E-state index contributed by atoms with van der Waals surface area (Å²) in [6, 6.07) is 18.8. The van der Waals surface area contributed by atoms with Crippen molar-refractivity contribution in [3.8, 4) is 0 Å². The van der Waals surface area contributed by atoms with Crippen molar-refractivity contribution in [3.05, 3.63) is 82.2 Å². The summed E-state index contributed by atoms with van der Waals surface area (Å²) >= 11 is 0. The van der Waals surface area contributed by atoms with Crippen LogP contribution in [0.2, 0.25) is 0 Å². The Morgan fingerprint density at radius 1 is 0.919 bits per heavy atom. The van der Waals surface area contributed by atoms with E-state index in [1.54, 1.807) is 6.92 Å². The maximum Gasteiger partial charge on any atom is 0.169 e. The van der Waals surface area contributed by atoms with Gasteiger partial charge in [0.2, 0.25) is 0 Å². The summed E-state index contributed by atoms with van der Waals surface area (Å²) in [6.45, 7) is 4.67. The quantitative estimate of drug-likeness (QED) is 0.309. The standard InChI is InChI=1S/C27H33N3O7/c1-16-23(32-13-18-9-5-3-6-10-18)22(31)17(2)35-26(16)37-24-20-15-34-27(36-20)21(29-30-28)25(24)33-14-19-11-7-4-8-12-19/h3-12,16-17,20-27,31H,13-15H2,1-2H3/t16?,17?,20?,21?,22-,23+,24-,25+,26+,27-/m1/s1. The van der Waals surface area contributed by atoms with Crippen LogP contribution in [-0.2, 0) is 41.6 Å². The Balaban J connectivity index is 1.33. The minimum atomic E-state index is -0.818. The highest BCUT2D eigenvalue weighted by molar-refractivity contribution is 5.14. The average molecular weight is 512 g/mol. The Kier molecular flexibility index (Phi) is 8.39. The molecule has 3 aliphatic rings. The normalized spacial score (nSPS) is 37.2. The van der Waals surface area contributed by atoms with Crippen LogP contribution in [0.3, 0.4) is 0 Å². The highest BCUT2D eigenvalue weighted by Crippen LogP contribution is 2.38. The van der Waals surface area contributed by atoms with Crippen LogP contribution in [0, 0.1) is 5.92 Å². The van der Waals surface area contributed by atoms with Crippen LogP contribution in [0.4, 0.5) is 0 Å². The van der Waals surface area contributed by atoms with Crippen LogP contribution in [0.15, 0.2) is 65.8 Å². The van der Waals surface area contributed by atoms with E-state index in [1.165, 1.54) is 0 Å². The first kappa shape index (κ1) is 26.1. The molecular weight excluding hydrogens is 478 g/mol. The minimum Gasteiger partial charge on any atom is -0.388 e. The first-order chi connectivity index (χ1) is 18.0. The number of azide groups is 1. The van der Waals surface area contributed by atoms with Gasteiger partial charge < -0.3 is 33.5 Å². The second-order valence-electron chi connectivity index (χ2n) is 9.75. The third kappa shape index (κ3) is 5.82. The van der Waals surface area contributed by atoms with Crippen LogP contribution < -0.4 is 0 Å². The number of hydrogen-bond donors (Lipinski definition) is 1. The van der Waals surface area contributed by atoms with Crippen LogP contribution in [-0.4, -0.2) is 67.0 Å². The number of fused-ring (bicyclic) bond motifs is 2. The predicted octanol–water partition coefficient (Wildman–Crippen LogP) is 3.72. The van der Waals surface area contributed by atoms with E-state index in [4.69, 9.17) is 28.4 Å². The van der Waals surface area contributed by atoms with Gasteiger partial charge >= 0.3 is 0 Å². The molecule has 4 unspecified atom stereocenters. The molecule has 10 nitrogen and oxygen atoms in total. The smallest absolute Gasteiger partial charge is 0.169 e. The van der Waals surface area contributed by atoms with E-state index in [0.29, 0.717) is 13.2 Å². The molecule has 0 spiro atoms. The number of rotatable bonds is 9. The summed E-state index contributed by atoms with van der Waals surface area (Å²) in [5.41, 5.74) is 11.2. The number of aliphatic hydroxyl groups excluding tert-OH is 1. The minimum absolute atomic E-state index is 0.283. The molecule has 10 heteroatoms. The molecule has 2 aromatic carbocycles. The summed E-state index contributed by atoms with van der Waals surface area (Å²) in [5.74, 6) is -0.303. The van der Waals surface area contributed by atoms with Gasteiger partial charge in [-0.05, 0) is 23.6 Å². The zero-order valence-corrected chi connectivity index (χ0v) is 20.9. The summed E-state index contributed by atoms with van der Waals surface area (Å²) in [7, 11) is 0. The zero-order valence-electron chi connectivity index (χ0n) is 20.9. The van der Waals surface area contributed by atoms with Crippen LogP contribution in [0.25, 0.3) is 10.4 Å². The van der Waals surface area contributed by atoms with Gasteiger partial charge in [0.05, 0.1) is 32.0 Å². The largest absolute Gasteiger partial charge is 0.388 e. The maximum absolute atomic E-state index is 10.9. The van der Waals surface area contributed by atoms with E-state index in [0.717, 1.165) is 11.1 Å². The summed E-state index contributed by atoms with van der Waals surface area (Å²) in [4.78, 5) is 3.01. The van der Waals surface area contributed by atoms with Crippen molar-refractivity contribution < 1.29 is 33.5 Å². The van der Waals surface area contributed by atoms with E-state index in [9.17, 15) is 10.6 Å². The van der Waals surface area contributed by atoms with Gasteiger partial charge in [0.25, 0.3) is 0 Å². The Hall–Kier alpha value is -2.53.